The van der Waals surface area contributed by atoms with Crippen LogP contribution in [-0.2, 0) is 0 Å². The Morgan fingerprint density at radius 1 is 1.50 bits per heavy atom. The highest BCUT2D eigenvalue weighted by Crippen LogP contribution is 2.28. The van der Waals surface area contributed by atoms with E-state index in [1.807, 2.05) is 0 Å². The number of hydrogen-bond donors (Lipinski definition) is 0. The van der Waals surface area contributed by atoms with Gasteiger partial charge in [-0.25, -0.2) is 9.67 Å². The van der Waals surface area contributed by atoms with E-state index >= 15 is 0 Å². The predicted molar refractivity (Wildman–Crippen MR) is 70.2 cm³/mol. The van der Waals surface area contributed by atoms with Gasteiger partial charge in [-0.2, -0.15) is 5.10 Å². The number of pyridine rings is 1. The third-order valence-corrected chi connectivity index (χ3v) is 3.77. The first-order valence-electron chi connectivity index (χ1n) is 4.94. The van der Waals surface area contributed by atoms with Crippen LogP contribution in [-0.4, -0.2) is 19.7 Å². The van der Waals surface area contributed by atoms with Crippen LogP contribution in [0.1, 0.15) is 11.4 Å². The molecule has 2 aromatic rings. The average molecular weight is 332 g/mol. The minimum Gasteiger partial charge on any atom is -0.258 e. The van der Waals surface area contributed by atoms with E-state index < -0.39 is 4.92 Å². The van der Waals surface area contributed by atoms with Gasteiger partial charge in [0.2, 0.25) is 5.82 Å². The number of hydrogen-bond acceptors (Lipinski definition) is 4. The summed E-state index contributed by atoms with van der Waals surface area (Å²) < 4.78 is 2.22. The highest BCUT2D eigenvalue weighted by molar-refractivity contribution is 9.10. The van der Waals surface area contributed by atoms with E-state index in [0.29, 0.717) is 0 Å². The minimum absolute atomic E-state index is 0.149. The SMILES string of the molecule is Cc1nn(-c2ncc(Cl)cc2[N+](=O)[O-])c(C)c1Br. The predicted octanol–water partition coefficient (Wildman–Crippen LogP) is 3.21. The smallest absolute Gasteiger partial charge is 0.258 e. The molecule has 0 fully saturated rings. The van der Waals surface area contributed by atoms with Gasteiger partial charge in [0.25, 0.3) is 0 Å². The summed E-state index contributed by atoms with van der Waals surface area (Å²) in [7, 11) is 0. The van der Waals surface area contributed by atoms with Gasteiger partial charge in [0.05, 0.1) is 25.8 Å². The number of aryl methyl sites for hydroxylation is 1. The lowest BCUT2D eigenvalue weighted by Crippen LogP contribution is -2.06. The molecule has 0 aliphatic heterocycles. The van der Waals surface area contributed by atoms with E-state index in [-0.39, 0.29) is 16.5 Å². The lowest BCUT2D eigenvalue weighted by atomic mass is 10.3. The third-order valence-electron chi connectivity index (χ3n) is 2.41. The van der Waals surface area contributed by atoms with Crippen molar-refractivity contribution in [3.63, 3.8) is 0 Å². The standard InChI is InChI=1S/C10H8BrClN4O2/c1-5-9(11)6(2)15(14-5)10-8(16(17)18)3-7(12)4-13-10/h3-4H,1-2H3. The third kappa shape index (κ3) is 2.11. The van der Waals surface area contributed by atoms with Crippen molar-refractivity contribution in [2.24, 2.45) is 0 Å². The molecular weight excluding hydrogens is 323 g/mol. The summed E-state index contributed by atoms with van der Waals surface area (Å²) in [6, 6.07) is 1.26. The molecule has 0 amide bonds. The fraction of sp³-hybridized carbons (Fsp3) is 0.200. The van der Waals surface area contributed by atoms with Gasteiger partial charge in [-0.1, -0.05) is 11.6 Å². The van der Waals surface area contributed by atoms with Crippen LogP contribution < -0.4 is 0 Å². The maximum atomic E-state index is 11.0. The highest BCUT2D eigenvalue weighted by Gasteiger charge is 2.21. The van der Waals surface area contributed by atoms with Crippen LogP contribution in [0.25, 0.3) is 5.82 Å². The molecule has 94 valence electrons. The first-order valence-corrected chi connectivity index (χ1v) is 6.11. The van der Waals surface area contributed by atoms with E-state index in [1.165, 1.54) is 16.9 Å². The van der Waals surface area contributed by atoms with Crippen molar-refractivity contribution in [2.75, 3.05) is 0 Å². The molecular formula is C10H8BrClN4O2. The van der Waals surface area contributed by atoms with Crippen molar-refractivity contribution in [3.05, 3.63) is 43.3 Å². The summed E-state index contributed by atoms with van der Waals surface area (Å²) in [6.07, 6.45) is 1.36. The lowest BCUT2D eigenvalue weighted by molar-refractivity contribution is -0.384. The second-order valence-electron chi connectivity index (χ2n) is 3.65. The molecule has 0 atom stereocenters. The quantitative estimate of drug-likeness (QED) is 0.625. The molecule has 0 aliphatic carbocycles. The van der Waals surface area contributed by atoms with Crippen molar-refractivity contribution in [1.82, 2.24) is 14.8 Å². The molecule has 0 aromatic carbocycles. The van der Waals surface area contributed by atoms with Crippen molar-refractivity contribution >= 4 is 33.2 Å². The molecule has 0 saturated carbocycles. The summed E-state index contributed by atoms with van der Waals surface area (Å²) >= 11 is 9.09. The van der Waals surface area contributed by atoms with Gasteiger partial charge in [-0.15, -0.1) is 0 Å². The van der Waals surface area contributed by atoms with E-state index in [2.05, 4.69) is 26.0 Å². The molecule has 18 heavy (non-hydrogen) atoms. The second-order valence-corrected chi connectivity index (χ2v) is 4.88. The number of halogens is 2. The number of rotatable bonds is 2. The maximum Gasteiger partial charge on any atom is 0.315 e. The van der Waals surface area contributed by atoms with Gasteiger partial charge in [-0.3, -0.25) is 10.1 Å². The van der Waals surface area contributed by atoms with Gasteiger partial charge in [-0.05, 0) is 29.8 Å². The van der Waals surface area contributed by atoms with Crippen LogP contribution in [0.5, 0.6) is 0 Å². The van der Waals surface area contributed by atoms with Gasteiger partial charge < -0.3 is 0 Å². The Morgan fingerprint density at radius 3 is 2.67 bits per heavy atom. The monoisotopic (exact) mass is 330 g/mol. The zero-order valence-electron chi connectivity index (χ0n) is 9.52. The zero-order chi connectivity index (χ0) is 13.4. The van der Waals surface area contributed by atoms with Gasteiger partial charge in [0, 0.05) is 12.3 Å². The molecule has 0 unspecified atom stereocenters. The minimum atomic E-state index is -0.529. The van der Waals surface area contributed by atoms with Crippen LogP contribution >= 0.6 is 27.5 Å². The Labute approximate surface area is 116 Å². The fourth-order valence-electron chi connectivity index (χ4n) is 1.55. The molecule has 0 spiro atoms. The molecule has 2 aromatic heterocycles. The van der Waals surface area contributed by atoms with E-state index in [0.717, 1.165) is 15.9 Å². The normalized spacial score (nSPS) is 10.7. The maximum absolute atomic E-state index is 11.0. The Morgan fingerprint density at radius 2 is 2.17 bits per heavy atom. The van der Waals surface area contributed by atoms with Crippen LogP contribution in [0.2, 0.25) is 5.02 Å². The largest absolute Gasteiger partial charge is 0.315 e. The molecule has 8 heteroatoms. The number of aromatic nitrogens is 3. The first kappa shape index (κ1) is 13.0. The van der Waals surface area contributed by atoms with E-state index in [4.69, 9.17) is 11.6 Å². The first-order chi connectivity index (χ1) is 8.41. The van der Waals surface area contributed by atoms with E-state index in [1.54, 1.807) is 13.8 Å². The summed E-state index contributed by atoms with van der Waals surface area (Å²) in [5.74, 6) is 0.149. The van der Waals surface area contributed by atoms with Gasteiger partial charge >= 0.3 is 5.69 Å². The fourth-order valence-corrected chi connectivity index (χ4v) is 1.95. The molecule has 6 nitrogen and oxygen atoms in total. The summed E-state index contributed by atoms with van der Waals surface area (Å²) in [4.78, 5) is 14.5. The highest BCUT2D eigenvalue weighted by atomic mass is 79.9. The number of nitrogens with zero attached hydrogens (tertiary/aromatic N) is 4. The zero-order valence-corrected chi connectivity index (χ0v) is 11.9. The Hall–Kier alpha value is -1.47. The van der Waals surface area contributed by atoms with E-state index in [9.17, 15) is 10.1 Å². The lowest BCUT2D eigenvalue weighted by Gasteiger charge is -2.04. The number of nitro groups is 1. The van der Waals surface area contributed by atoms with Crippen LogP contribution in [0, 0.1) is 24.0 Å². The Balaban J connectivity index is 2.71. The molecule has 0 saturated heterocycles. The second kappa shape index (κ2) is 4.66. The van der Waals surface area contributed by atoms with Crippen LogP contribution in [0.4, 0.5) is 5.69 Å². The van der Waals surface area contributed by atoms with Gasteiger partial charge in [0.15, 0.2) is 0 Å². The van der Waals surface area contributed by atoms with Gasteiger partial charge in [0.1, 0.15) is 0 Å². The van der Waals surface area contributed by atoms with Crippen molar-refractivity contribution in [1.29, 1.82) is 0 Å². The molecule has 2 rings (SSSR count). The van der Waals surface area contributed by atoms with Crippen molar-refractivity contribution < 1.29 is 4.92 Å². The summed E-state index contributed by atoms with van der Waals surface area (Å²) in [5.41, 5.74) is 1.30. The summed E-state index contributed by atoms with van der Waals surface area (Å²) in [6.45, 7) is 3.60. The molecule has 2 heterocycles. The van der Waals surface area contributed by atoms with Crippen molar-refractivity contribution in [2.45, 2.75) is 13.8 Å². The molecule has 0 bridgehead atoms. The molecule has 0 radical (unpaired) electrons. The summed E-state index contributed by atoms with van der Waals surface area (Å²) in [5, 5.41) is 15.4. The van der Waals surface area contributed by atoms with Crippen LogP contribution in [0.3, 0.4) is 0 Å². The van der Waals surface area contributed by atoms with Crippen LogP contribution in [0.15, 0.2) is 16.7 Å². The Bertz CT molecular complexity index is 641. The molecule has 0 N–H and O–H groups in total. The average Bonchev–Trinajstić information content (AvgIpc) is 2.57. The topological polar surface area (TPSA) is 73.8 Å². The molecule has 0 aliphatic rings. The van der Waals surface area contributed by atoms with Crippen molar-refractivity contribution in [3.8, 4) is 5.82 Å². The Kier molecular flexibility index (Phi) is 3.36.